The van der Waals surface area contributed by atoms with Gasteiger partial charge in [-0.05, 0) is 34.0 Å². The topological polar surface area (TPSA) is 60.7 Å². The minimum absolute atomic E-state index is 0.0565. The van der Waals surface area contributed by atoms with E-state index in [0.717, 1.165) is 4.47 Å². The summed E-state index contributed by atoms with van der Waals surface area (Å²) in [5.41, 5.74) is 0.636. The van der Waals surface area contributed by atoms with Gasteiger partial charge < -0.3 is 0 Å². The number of carbonyl (C=O) groups is 1. The van der Waals surface area contributed by atoms with Crippen LogP contribution in [0.25, 0.3) is 0 Å². The van der Waals surface area contributed by atoms with Crippen LogP contribution in [0.4, 0.5) is 0 Å². The van der Waals surface area contributed by atoms with Crippen LogP contribution < -0.4 is 0 Å². The van der Waals surface area contributed by atoms with Crippen LogP contribution >= 0.6 is 27.7 Å². The minimum Gasteiger partial charge on any atom is -0.289 e. The molecule has 0 fully saturated rings. The fraction of sp³-hybridized carbons (Fsp3) is 0.0909. The summed E-state index contributed by atoms with van der Waals surface area (Å²) in [6, 6.07) is 7.25. The normalized spacial score (nSPS) is 11.0. The first kappa shape index (κ1) is 13.0. The fourth-order valence-electron chi connectivity index (χ4n) is 1.22. The first-order chi connectivity index (χ1) is 8.66. The Balaban J connectivity index is 2.02. The molecule has 1 aromatic heterocycles. The number of allylic oxidation sites excluding steroid dienone is 1. The standard InChI is InChI=1S/C11H9BrN4OS/c1-16-11(13-14-15-16)18-6-5-10(17)8-3-2-4-9(12)7-8/h2-7H,1H3. The maximum Gasteiger partial charge on any atom is 0.213 e. The highest BCUT2D eigenvalue weighted by Gasteiger charge is 2.03. The molecule has 1 aromatic carbocycles. The number of ketones is 1. The predicted molar refractivity (Wildman–Crippen MR) is 72.3 cm³/mol. The Morgan fingerprint density at radius 1 is 1.50 bits per heavy atom. The predicted octanol–water partition coefficient (Wildman–Crippen LogP) is 2.46. The molecule has 0 aliphatic rings. The second kappa shape index (κ2) is 5.92. The van der Waals surface area contributed by atoms with Crippen molar-refractivity contribution >= 4 is 33.5 Å². The summed E-state index contributed by atoms with van der Waals surface area (Å²) in [5.74, 6) is -0.0565. The van der Waals surface area contributed by atoms with Crippen LogP contribution in [0.15, 0.2) is 45.4 Å². The highest BCUT2D eigenvalue weighted by atomic mass is 79.9. The van der Waals surface area contributed by atoms with Crippen molar-refractivity contribution in [1.29, 1.82) is 0 Å². The highest BCUT2D eigenvalue weighted by molar-refractivity contribution is 9.10. The number of rotatable bonds is 4. The van der Waals surface area contributed by atoms with Crippen molar-refractivity contribution in [2.24, 2.45) is 7.05 Å². The van der Waals surface area contributed by atoms with E-state index in [1.54, 1.807) is 29.3 Å². The second-order valence-corrected chi connectivity index (χ2v) is 5.17. The number of nitrogens with zero attached hydrogens (tertiary/aromatic N) is 4. The van der Waals surface area contributed by atoms with Gasteiger partial charge in [-0.3, -0.25) is 4.79 Å². The van der Waals surface area contributed by atoms with E-state index >= 15 is 0 Å². The molecule has 0 unspecified atom stereocenters. The van der Waals surface area contributed by atoms with Crippen molar-refractivity contribution in [2.45, 2.75) is 5.16 Å². The molecule has 92 valence electrons. The molecule has 1 heterocycles. The molecule has 0 saturated heterocycles. The molecule has 0 radical (unpaired) electrons. The Morgan fingerprint density at radius 3 is 3.00 bits per heavy atom. The Morgan fingerprint density at radius 2 is 2.33 bits per heavy atom. The number of tetrazole rings is 1. The second-order valence-electron chi connectivity index (χ2n) is 3.38. The number of halogens is 1. The van der Waals surface area contributed by atoms with E-state index in [2.05, 4.69) is 31.5 Å². The minimum atomic E-state index is -0.0565. The van der Waals surface area contributed by atoms with E-state index in [-0.39, 0.29) is 5.78 Å². The third kappa shape index (κ3) is 3.27. The summed E-state index contributed by atoms with van der Waals surface area (Å²) in [4.78, 5) is 11.8. The molecular weight excluding hydrogens is 316 g/mol. The lowest BCUT2D eigenvalue weighted by molar-refractivity contribution is 0.104. The van der Waals surface area contributed by atoms with Gasteiger partial charge >= 0.3 is 0 Å². The summed E-state index contributed by atoms with van der Waals surface area (Å²) in [6.07, 6.45) is 1.50. The zero-order valence-corrected chi connectivity index (χ0v) is 11.8. The summed E-state index contributed by atoms with van der Waals surface area (Å²) in [7, 11) is 1.74. The Kier molecular flexibility index (Phi) is 4.27. The highest BCUT2D eigenvalue weighted by Crippen LogP contribution is 2.16. The zero-order chi connectivity index (χ0) is 13.0. The Bertz CT molecular complexity index is 596. The number of carbonyl (C=O) groups excluding carboxylic acids is 1. The van der Waals surface area contributed by atoms with E-state index in [1.807, 2.05) is 12.1 Å². The molecule has 5 nitrogen and oxygen atoms in total. The van der Waals surface area contributed by atoms with E-state index in [1.165, 1.54) is 17.8 Å². The molecule has 2 aromatic rings. The largest absolute Gasteiger partial charge is 0.289 e. The molecule has 0 bridgehead atoms. The van der Waals surface area contributed by atoms with Gasteiger partial charge in [-0.15, -0.1) is 5.10 Å². The van der Waals surface area contributed by atoms with Crippen molar-refractivity contribution in [3.05, 3.63) is 45.8 Å². The number of benzene rings is 1. The quantitative estimate of drug-likeness (QED) is 0.491. The molecule has 0 aliphatic heterocycles. The van der Waals surface area contributed by atoms with Crippen LogP contribution in [0.3, 0.4) is 0 Å². The van der Waals surface area contributed by atoms with Crippen molar-refractivity contribution in [1.82, 2.24) is 20.2 Å². The van der Waals surface area contributed by atoms with Crippen LogP contribution in [0.5, 0.6) is 0 Å². The maximum atomic E-state index is 11.8. The van der Waals surface area contributed by atoms with Crippen LogP contribution in [-0.2, 0) is 7.05 Å². The van der Waals surface area contributed by atoms with Crippen LogP contribution in [-0.4, -0.2) is 26.0 Å². The molecule has 0 N–H and O–H groups in total. The van der Waals surface area contributed by atoms with Gasteiger partial charge in [-0.25, -0.2) is 4.68 Å². The lowest BCUT2D eigenvalue weighted by Crippen LogP contribution is -1.94. The lowest BCUT2D eigenvalue weighted by atomic mass is 10.1. The average Bonchev–Trinajstić information content (AvgIpc) is 2.75. The lowest BCUT2D eigenvalue weighted by Gasteiger charge is -1.96. The SMILES string of the molecule is Cn1nnnc1SC=CC(=O)c1cccc(Br)c1. The molecule has 7 heteroatoms. The van der Waals surface area contributed by atoms with Gasteiger partial charge in [0, 0.05) is 17.1 Å². The fourth-order valence-corrected chi connectivity index (χ4v) is 2.20. The van der Waals surface area contributed by atoms with E-state index < -0.39 is 0 Å². The van der Waals surface area contributed by atoms with E-state index in [9.17, 15) is 4.79 Å². The van der Waals surface area contributed by atoms with Gasteiger partial charge in [-0.2, -0.15) is 0 Å². The van der Waals surface area contributed by atoms with Gasteiger partial charge in [0.25, 0.3) is 0 Å². The average molecular weight is 325 g/mol. The zero-order valence-electron chi connectivity index (χ0n) is 9.45. The van der Waals surface area contributed by atoms with Crippen molar-refractivity contribution in [3.8, 4) is 0 Å². The number of thioether (sulfide) groups is 1. The molecule has 18 heavy (non-hydrogen) atoms. The smallest absolute Gasteiger partial charge is 0.213 e. The van der Waals surface area contributed by atoms with Crippen molar-refractivity contribution < 1.29 is 4.79 Å². The maximum absolute atomic E-state index is 11.8. The summed E-state index contributed by atoms with van der Waals surface area (Å²) < 4.78 is 2.42. The molecule has 0 aliphatic carbocycles. The molecule has 0 saturated carbocycles. The molecule has 0 spiro atoms. The summed E-state index contributed by atoms with van der Waals surface area (Å²) in [6.45, 7) is 0. The number of aryl methyl sites for hydroxylation is 1. The van der Waals surface area contributed by atoms with E-state index in [0.29, 0.717) is 10.7 Å². The number of aromatic nitrogens is 4. The van der Waals surface area contributed by atoms with Gasteiger partial charge in [0.15, 0.2) is 5.78 Å². The monoisotopic (exact) mass is 324 g/mol. The van der Waals surface area contributed by atoms with Crippen LogP contribution in [0.1, 0.15) is 10.4 Å². The first-order valence-corrected chi connectivity index (χ1v) is 6.69. The Hall–Kier alpha value is -1.47. The first-order valence-electron chi connectivity index (χ1n) is 5.02. The van der Waals surface area contributed by atoms with Crippen LogP contribution in [0, 0.1) is 0 Å². The summed E-state index contributed by atoms with van der Waals surface area (Å²) in [5, 5.41) is 13.3. The van der Waals surface area contributed by atoms with Gasteiger partial charge in [0.05, 0.1) is 0 Å². The number of hydrogen-bond acceptors (Lipinski definition) is 5. The number of hydrogen-bond donors (Lipinski definition) is 0. The molecule has 0 amide bonds. The van der Waals surface area contributed by atoms with Crippen LogP contribution in [0.2, 0.25) is 0 Å². The van der Waals surface area contributed by atoms with E-state index in [4.69, 9.17) is 0 Å². The van der Waals surface area contributed by atoms with Crippen molar-refractivity contribution in [3.63, 3.8) is 0 Å². The Labute approximate surface area is 116 Å². The van der Waals surface area contributed by atoms with Crippen molar-refractivity contribution in [2.75, 3.05) is 0 Å². The third-order valence-corrected chi connectivity index (χ3v) is 3.41. The van der Waals surface area contributed by atoms with Gasteiger partial charge in [-0.1, -0.05) is 39.8 Å². The molecular formula is C11H9BrN4OS. The summed E-state index contributed by atoms with van der Waals surface area (Å²) >= 11 is 4.62. The molecule has 2 rings (SSSR count). The molecule has 0 atom stereocenters. The third-order valence-electron chi connectivity index (χ3n) is 2.08. The van der Waals surface area contributed by atoms with Gasteiger partial charge in [0.1, 0.15) is 0 Å². The van der Waals surface area contributed by atoms with Gasteiger partial charge in [0.2, 0.25) is 5.16 Å².